The van der Waals surface area contributed by atoms with Gasteiger partial charge in [0.15, 0.2) is 0 Å². The van der Waals surface area contributed by atoms with E-state index in [2.05, 4.69) is 22.8 Å². The molecule has 3 rings (SSSR count). The lowest BCUT2D eigenvalue weighted by atomic mass is 10.1. The summed E-state index contributed by atoms with van der Waals surface area (Å²) >= 11 is 1.70. The van der Waals surface area contributed by atoms with E-state index in [1.165, 1.54) is 15.6 Å². The number of carbonyl (C=O) groups is 1. The van der Waals surface area contributed by atoms with E-state index in [9.17, 15) is 4.79 Å². The highest BCUT2D eigenvalue weighted by molar-refractivity contribution is 7.17. The molecule has 2 aromatic carbocycles. The third kappa shape index (κ3) is 2.38. The van der Waals surface area contributed by atoms with Gasteiger partial charge in [0.1, 0.15) is 0 Å². The van der Waals surface area contributed by atoms with Crippen LogP contribution in [0, 0.1) is 0 Å². The van der Waals surface area contributed by atoms with Crippen LogP contribution in [-0.2, 0) is 6.54 Å². The van der Waals surface area contributed by atoms with Gasteiger partial charge in [0, 0.05) is 16.9 Å². The van der Waals surface area contributed by atoms with Gasteiger partial charge in [-0.3, -0.25) is 0 Å². The van der Waals surface area contributed by atoms with Crippen LogP contribution >= 0.6 is 11.3 Å². The largest absolute Gasteiger partial charge is 0.478 e. The molecule has 3 aromatic rings. The van der Waals surface area contributed by atoms with Gasteiger partial charge >= 0.3 is 5.97 Å². The normalized spacial score (nSPS) is 10.6. The fourth-order valence-electron chi connectivity index (χ4n) is 2.18. The fraction of sp³-hybridized carbons (Fsp3) is 0.0625. The first-order valence-electron chi connectivity index (χ1n) is 6.27. The van der Waals surface area contributed by atoms with E-state index in [0.717, 1.165) is 0 Å². The van der Waals surface area contributed by atoms with Crippen molar-refractivity contribution in [1.29, 1.82) is 0 Å². The van der Waals surface area contributed by atoms with E-state index >= 15 is 0 Å². The van der Waals surface area contributed by atoms with Crippen LogP contribution in [0.25, 0.3) is 10.1 Å². The Hall–Kier alpha value is -2.33. The monoisotopic (exact) mass is 283 g/mol. The first kappa shape index (κ1) is 12.7. The van der Waals surface area contributed by atoms with Crippen LogP contribution in [0.15, 0.2) is 53.9 Å². The van der Waals surface area contributed by atoms with Gasteiger partial charge in [-0.05, 0) is 34.5 Å². The van der Waals surface area contributed by atoms with E-state index in [1.54, 1.807) is 29.5 Å². The van der Waals surface area contributed by atoms with E-state index in [1.807, 2.05) is 18.2 Å². The molecule has 20 heavy (non-hydrogen) atoms. The van der Waals surface area contributed by atoms with Crippen molar-refractivity contribution < 1.29 is 9.90 Å². The number of para-hydroxylation sites is 1. The molecule has 0 aliphatic rings. The molecule has 2 N–H and O–H groups in total. The van der Waals surface area contributed by atoms with Crippen LogP contribution in [0.5, 0.6) is 0 Å². The number of anilines is 1. The van der Waals surface area contributed by atoms with Crippen molar-refractivity contribution in [2.45, 2.75) is 6.54 Å². The smallest absolute Gasteiger partial charge is 0.337 e. The van der Waals surface area contributed by atoms with Crippen molar-refractivity contribution >= 4 is 33.1 Å². The molecule has 100 valence electrons. The van der Waals surface area contributed by atoms with Gasteiger partial charge in [0.05, 0.1) is 5.56 Å². The molecule has 1 aromatic heterocycles. The Morgan fingerprint density at radius 3 is 2.70 bits per heavy atom. The summed E-state index contributed by atoms with van der Waals surface area (Å²) in [5, 5.41) is 15.7. The number of rotatable bonds is 4. The molecular weight excluding hydrogens is 270 g/mol. The summed E-state index contributed by atoms with van der Waals surface area (Å²) in [7, 11) is 0. The Morgan fingerprint density at radius 1 is 1.10 bits per heavy atom. The van der Waals surface area contributed by atoms with Crippen LogP contribution in [0.3, 0.4) is 0 Å². The van der Waals surface area contributed by atoms with Gasteiger partial charge < -0.3 is 10.4 Å². The lowest BCUT2D eigenvalue weighted by Crippen LogP contribution is -2.05. The minimum atomic E-state index is -0.914. The maximum absolute atomic E-state index is 11.2. The lowest BCUT2D eigenvalue weighted by Gasteiger charge is -2.08. The number of carboxylic acids is 1. The van der Waals surface area contributed by atoms with Gasteiger partial charge in [-0.15, -0.1) is 11.3 Å². The third-order valence-corrected chi connectivity index (χ3v) is 4.20. The Bertz CT molecular complexity index is 764. The summed E-state index contributed by atoms with van der Waals surface area (Å²) in [5.74, 6) is -0.914. The number of hydrogen-bond acceptors (Lipinski definition) is 3. The summed E-state index contributed by atoms with van der Waals surface area (Å²) in [5.41, 5.74) is 2.13. The molecule has 1 heterocycles. The van der Waals surface area contributed by atoms with Gasteiger partial charge in [0.2, 0.25) is 0 Å². The SMILES string of the molecule is O=C(O)c1ccccc1NCc1csc2ccccc12. The van der Waals surface area contributed by atoms with Crippen molar-refractivity contribution in [3.8, 4) is 0 Å². The second-order valence-corrected chi connectivity index (χ2v) is 5.37. The molecule has 0 atom stereocenters. The van der Waals surface area contributed by atoms with Gasteiger partial charge in [-0.2, -0.15) is 0 Å². The van der Waals surface area contributed by atoms with Crippen LogP contribution in [0.2, 0.25) is 0 Å². The summed E-state index contributed by atoms with van der Waals surface area (Å²) < 4.78 is 1.25. The van der Waals surface area contributed by atoms with Gasteiger partial charge in [-0.1, -0.05) is 30.3 Å². The summed E-state index contributed by atoms with van der Waals surface area (Å²) in [6.07, 6.45) is 0. The number of aromatic carboxylic acids is 1. The first-order valence-corrected chi connectivity index (χ1v) is 7.15. The number of fused-ring (bicyclic) bond motifs is 1. The molecular formula is C16H13NO2S. The van der Waals surface area contributed by atoms with Crippen molar-refractivity contribution in [3.63, 3.8) is 0 Å². The molecule has 0 bridgehead atoms. The maximum atomic E-state index is 11.2. The quantitative estimate of drug-likeness (QED) is 0.754. The minimum absolute atomic E-state index is 0.298. The van der Waals surface area contributed by atoms with E-state index in [-0.39, 0.29) is 0 Å². The molecule has 0 saturated carbocycles. The highest BCUT2D eigenvalue weighted by atomic mass is 32.1. The molecule has 0 radical (unpaired) electrons. The highest BCUT2D eigenvalue weighted by Gasteiger charge is 2.09. The number of nitrogens with one attached hydrogen (secondary N) is 1. The molecule has 4 heteroatoms. The third-order valence-electron chi connectivity index (χ3n) is 3.19. The average molecular weight is 283 g/mol. The highest BCUT2D eigenvalue weighted by Crippen LogP contribution is 2.26. The average Bonchev–Trinajstić information content (AvgIpc) is 2.88. The van der Waals surface area contributed by atoms with Gasteiger partial charge in [0.25, 0.3) is 0 Å². The van der Waals surface area contributed by atoms with Crippen molar-refractivity contribution in [2.75, 3.05) is 5.32 Å². The number of thiophene rings is 1. The van der Waals surface area contributed by atoms with Crippen LogP contribution in [0.4, 0.5) is 5.69 Å². The first-order chi connectivity index (χ1) is 9.75. The summed E-state index contributed by atoms with van der Waals surface area (Å²) in [6, 6.07) is 15.2. The van der Waals surface area contributed by atoms with E-state index in [4.69, 9.17) is 5.11 Å². The summed E-state index contributed by atoms with van der Waals surface area (Å²) in [6.45, 7) is 0.619. The Kier molecular flexibility index (Phi) is 3.39. The Balaban J connectivity index is 1.85. The minimum Gasteiger partial charge on any atom is -0.478 e. The zero-order chi connectivity index (χ0) is 13.9. The molecule has 0 amide bonds. The van der Waals surface area contributed by atoms with E-state index in [0.29, 0.717) is 17.8 Å². The zero-order valence-electron chi connectivity index (χ0n) is 10.7. The molecule has 0 spiro atoms. The molecule has 3 nitrogen and oxygen atoms in total. The maximum Gasteiger partial charge on any atom is 0.337 e. The Labute approximate surface area is 120 Å². The predicted octanol–water partition coefficient (Wildman–Crippen LogP) is 4.21. The van der Waals surface area contributed by atoms with Crippen LogP contribution in [0.1, 0.15) is 15.9 Å². The fourth-order valence-corrected chi connectivity index (χ4v) is 3.15. The Morgan fingerprint density at radius 2 is 1.85 bits per heavy atom. The number of benzene rings is 2. The second kappa shape index (κ2) is 5.35. The standard InChI is InChI=1S/C16H13NO2S/c18-16(19)13-6-1-3-7-14(13)17-9-11-10-20-15-8-4-2-5-12(11)15/h1-8,10,17H,9H2,(H,18,19). The summed E-state index contributed by atoms with van der Waals surface area (Å²) in [4.78, 5) is 11.2. The molecule has 0 unspecified atom stereocenters. The topological polar surface area (TPSA) is 49.3 Å². The molecule has 0 aliphatic heterocycles. The van der Waals surface area contributed by atoms with E-state index < -0.39 is 5.97 Å². The van der Waals surface area contributed by atoms with Crippen LogP contribution in [-0.4, -0.2) is 11.1 Å². The van der Waals surface area contributed by atoms with Crippen molar-refractivity contribution in [2.24, 2.45) is 0 Å². The van der Waals surface area contributed by atoms with Gasteiger partial charge in [-0.25, -0.2) is 4.79 Å². The number of hydrogen-bond donors (Lipinski definition) is 2. The second-order valence-electron chi connectivity index (χ2n) is 4.46. The molecule has 0 fully saturated rings. The molecule has 0 aliphatic carbocycles. The molecule has 0 saturated heterocycles. The van der Waals surface area contributed by atoms with Crippen LogP contribution < -0.4 is 5.32 Å². The zero-order valence-corrected chi connectivity index (χ0v) is 11.5. The van der Waals surface area contributed by atoms with Crippen molar-refractivity contribution in [3.05, 3.63) is 65.0 Å². The predicted molar refractivity (Wildman–Crippen MR) is 82.6 cm³/mol. The van der Waals surface area contributed by atoms with Crippen molar-refractivity contribution in [1.82, 2.24) is 0 Å². The number of carboxylic acid groups (broad SMARTS) is 1. The lowest BCUT2D eigenvalue weighted by molar-refractivity contribution is 0.0698.